The molecule has 228 valence electrons. The molecule has 6 rings (SSSR count). The number of halogens is 3. The average Bonchev–Trinajstić information content (AvgIpc) is 3.47. The third-order valence-electron chi connectivity index (χ3n) is 7.82. The fraction of sp³-hybridized carbons (Fsp3) is 0.323. The van der Waals surface area contributed by atoms with Crippen molar-refractivity contribution in [1.29, 1.82) is 5.26 Å². The fourth-order valence-corrected chi connectivity index (χ4v) is 6.45. The van der Waals surface area contributed by atoms with Crippen molar-refractivity contribution in [2.75, 3.05) is 61.3 Å². The van der Waals surface area contributed by atoms with Crippen LogP contribution in [0.5, 0.6) is 11.5 Å². The van der Waals surface area contributed by atoms with E-state index in [4.69, 9.17) is 16.3 Å². The van der Waals surface area contributed by atoms with E-state index in [1.165, 1.54) is 29.1 Å². The number of aromatic nitrogens is 2. The molecule has 2 fully saturated rings. The van der Waals surface area contributed by atoms with E-state index < -0.39 is 12.0 Å². The Balaban J connectivity index is 1.22. The first-order chi connectivity index (χ1) is 21.4. The second-order valence-corrected chi connectivity index (χ2v) is 11.9. The molecule has 3 aromatic carbocycles. The van der Waals surface area contributed by atoms with E-state index in [1.807, 2.05) is 30.3 Å². The van der Waals surface area contributed by atoms with Crippen molar-refractivity contribution in [3.05, 3.63) is 82.7 Å². The number of piperazine rings is 1. The van der Waals surface area contributed by atoms with Gasteiger partial charge in [0.05, 0.1) is 22.3 Å². The van der Waals surface area contributed by atoms with E-state index in [-0.39, 0.29) is 34.6 Å². The maximum absolute atomic E-state index is 14.9. The van der Waals surface area contributed by atoms with Gasteiger partial charge in [-0.2, -0.15) is 5.26 Å². The molecule has 0 spiro atoms. The summed E-state index contributed by atoms with van der Waals surface area (Å²) in [5.41, 5.74) is 2.17. The van der Waals surface area contributed by atoms with E-state index in [1.54, 1.807) is 16.4 Å². The molecule has 1 unspecified atom stereocenters. The zero-order valence-corrected chi connectivity index (χ0v) is 25.3. The molecule has 0 aliphatic carbocycles. The van der Waals surface area contributed by atoms with E-state index >= 15 is 0 Å². The number of hydrogen-bond acceptors (Lipinski definition) is 9. The van der Waals surface area contributed by atoms with Gasteiger partial charge in [0.2, 0.25) is 0 Å². The predicted molar refractivity (Wildman–Crippen MR) is 170 cm³/mol. The van der Waals surface area contributed by atoms with Crippen LogP contribution in [0.1, 0.15) is 12.0 Å². The number of ether oxygens (including phenoxy) is 1. The molecule has 1 N–H and O–H groups in total. The molecule has 44 heavy (non-hydrogen) atoms. The predicted octanol–water partition coefficient (Wildman–Crippen LogP) is 5.57. The minimum Gasteiger partial charge on any atom is -0.453 e. The van der Waals surface area contributed by atoms with Gasteiger partial charge in [0.1, 0.15) is 29.9 Å². The molecule has 2 aliphatic rings. The molecule has 9 nitrogen and oxygen atoms in total. The Labute approximate surface area is 262 Å². The van der Waals surface area contributed by atoms with Gasteiger partial charge in [0.15, 0.2) is 11.6 Å². The number of nitrogens with zero attached hydrogens (tertiary/aromatic N) is 6. The highest BCUT2D eigenvalue weighted by Crippen LogP contribution is 2.35. The van der Waals surface area contributed by atoms with Gasteiger partial charge < -0.3 is 14.4 Å². The molecule has 0 radical (unpaired) electrons. The molecule has 0 amide bonds. The van der Waals surface area contributed by atoms with Crippen LogP contribution < -0.4 is 19.9 Å². The van der Waals surface area contributed by atoms with Crippen molar-refractivity contribution in [1.82, 2.24) is 18.8 Å². The first-order valence-electron chi connectivity index (χ1n) is 14.3. The lowest BCUT2D eigenvalue weighted by atomic mass is 10.1. The summed E-state index contributed by atoms with van der Waals surface area (Å²) in [4.78, 5) is 22.7. The topological polar surface area (TPSA) is 89.7 Å². The highest BCUT2D eigenvalue weighted by molar-refractivity contribution is 7.98. The number of nitriles is 1. The SMILES string of the molecule is N#Cc1c(NSN2CCC(F)C2)ccc(F)c1Oc1ccc2ncn(-c3ccc(N4CCN(CCCl)CC4)cc3)c(=O)c2c1. The van der Waals surface area contributed by atoms with E-state index in [2.05, 4.69) is 19.5 Å². The Morgan fingerprint density at radius 2 is 1.84 bits per heavy atom. The molecule has 13 heteroatoms. The number of nitrogens with one attached hydrogen (secondary N) is 1. The average molecular weight is 638 g/mol. The standard InChI is InChI=1S/C31H30ClF2N7O2S/c32-10-12-38-13-15-39(16-14-38)22-1-3-23(4-2-22)41-20-36-28-7-5-24(17-25(28)31(41)42)43-30-26(18-35)29(8-6-27(30)34)37-44-40-11-9-21(33)19-40/h1-8,17,20-21,37H,9-16,19H2. The third kappa shape index (κ3) is 6.46. The number of benzene rings is 3. The van der Waals surface area contributed by atoms with E-state index in [0.717, 1.165) is 50.5 Å². The summed E-state index contributed by atoms with van der Waals surface area (Å²) < 4.78 is 40.6. The van der Waals surface area contributed by atoms with Crippen LogP contribution in [0.3, 0.4) is 0 Å². The normalized spacial score (nSPS) is 17.6. The molecular weight excluding hydrogens is 608 g/mol. The van der Waals surface area contributed by atoms with Crippen LogP contribution in [0.2, 0.25) is 0 Å². The monoisotopic (exact) mass is 637 g/mol. The molecule has 2 aliphatic heterocycles. The van der Waals surface area contributed by atoms with Gasteiger partial charge in [0.25, 0.3) is 5.56 Å². The molecule has 1 aromatic heterocycles. The summed E-state index contributed by atoms with van der Waals surface area (Å²) in [6.45, 7) is 5.42. The largest absolute Gasteiger partial charge is 0.453 e. The minimum atomic E-state index is -0.897. The van der Waals surface area contributed by atoms with Crippen LogP contribution in [0, 0.1) is 17.1 Å². The molecule has 4 aromatic rings. The van der Waals surface area contributed by atoms with Gasteiger partial charge in [-0.05, 0) is 61.0 Å². The second-order valence-electron chi connectivity index (χ2n) is 10.6. The van der Waals surface area contributed by atoms with Crippen LogP contribution in [0.4, 0.5) is 20.2 Å². The Kier molecular flexibility index (Phi) is 9.18. The summed E-state index contributed by atoms with van der Waals surface area (Å²) in [7, 11) is 0. The van der Waals surface area contributed by atoms with Crippen LogP contribution in [0.15, 0.2) is 65.7 Å². The van der Waals surface area contributed by atoms with Crippen molar-refractivity contribution in [2.24, 2.45) is 0 Å². The first kappa shape index (κ1) is 30.1. The number of anilines is 2. The smallest absolute Gasteiger partial charge is 0.265 e. The highest BCUT2D eigenvalue weighted by atomic mass is 35.5. The van der Waals surface area contributed by atoms with E-state index in [9.17, 15) is 18.8 Å². The minimum absolute atomic E-state index is 0.0438. The molecule has 2 saturated heterocycles. The lowest BCUT2D eigenvalue weighted by molar-refractivity contribution is 0.272. The van der Waals surface area contributed by atoms with Crippen molar-refractivity contribution in [2.45, 2.75) is 12.6 Å². The summed E-state index contributed by atoms with van der Waals surface area (Å²) in [5.74, 6) is -0.198. The maximum atomic E-state index is 14.9. The third-order valence-corrected chi connectivity index (χ3v) is 8.89. The zero-order chi connectivity index (χ0) is 30.6. The van der Waals surface area contributed by atoms with Crippen molar-refractivity contribution in [3.8, 4) is 23.3 Å². The summed E-state index contributed by atoms with van der Waals surface area (Å²) >= 11 is 7.04. The second kappa shape index (κ2) is 13.4. The molecule has 0 saturated carbocycles. The Bertz CT molecular complexity index is 1740. The fourth-order valence-electron chi connectivity index (χ4n) is 5.38. The molecule has 0 bridgehead atoms. The van der Waals surface area contributed by atoms with Crippen LogP contribution >= 0.6 is 23.7 Å². The number of alkyl halides is 2. The van der Waals surface area contributed by atoms with Gasteiger partial charge in [-0.25, -0.2) is 18.1 Å². The van der Waals surface area contributed by atoms with Gasteiger partial charge >= 0.3 is 0 Å². The maximum Gasteiger partial charge on any atom is 0.265 e. The van der Waals surface area contributed by atoms with Crippen LogP contribution in [0.25, 0.3) is 16.6 Å². The summed E-state index contributed by atoms with van der Waals surface area (Å²) in [5, 5.41) is 10.1. The van der Waals surface area contributed by atoms with Gasteiger partial charge in [-0.15, -0.1) is 11.6 Å². The van der Waals surface area contributed by atoms with Gasteiger partial charge in [-0.3, -0.25) is 14.3 Å². The quantitative estimate of drug-likeness (QED) is 0.187. The molecular formula is C31H30ClF2N7O2S. The summed E-state index contributed by atoms with van der Waals surface area (Å²) in [6, 6.07) is 17.1. The Morgan fingerprint density at radius 1 is 1.07 bits per heavy atom. The van der Waals surface area contributed by atoms with Crippen molar-refractivity contribution in [3.63, 3.8) is 0 Å². The zero-order valence-electron chi connectivity index (χ0n) is 23.8. The van der Waals surface area contributed by atoms with Gasteiger partial charge in [0, 0.05) is 69.5 Å². The molecule has 1 atom stereocenters. The van der Waals surface area contributed by atoms with E-state index in [0.29, 0.717) is 35.7 Å². The number of hydrogen-bond donors (Lipinski definition) is 1. The van der Waals surface area contributed by atoms with Crippen molar-refractivity contribution >= 4 is 46.0 Å². The van der Waals surface area contributed by atoms with Crippen LogP contribution in [-0.4, -0.2) is 76.6 Å². The lowest BCUT2D eigenvalue weighted by Crippen LogP contribution is -2.46. The highest BCUT2D eigenvalue weighted by Gasteiger charge is 2.24. The number of rotatable bonds is 9. The lowest BCUT2D eigenvalue weighted by Gasteiger charge is -2.35. The number of fused-ring (bicyclic) bond motifs is 1. The summed E-state index contributed by atoms with van der Waals surface area (Å²) in [6.07, 6.45) is 1.03. The first-order valence-corrected chi connectivity index (χ1v) is 15.6. The Morgan fingerprint density at radius 3 is 2.55 bits per heavy atom. The van der Waals surface area contributed by atoms with Gasteiger partial charge in [-0.1, -0.05) is 0 Å². The Hall–Kier alpha value is -3.89. The molecule has 3 heterocycles. The van der Waals surface area contributed by atoms with Crippen molar-refractivity contribution < 1.29 is 13.5 Å². The van der Waals surface area contributed by atoms with Crippen LogP contribution in [-0.2, 0) is 0 Å².